The van der Waals surface area contributed by atoms with Crippen LogP contribution in [0.4, 0.5) is 0 Å². The predicted octanol–water partition coefficient (Wildman–Crippen LogP) is 3.28. The first-order valence-electron chi connectivity index (χ1n) is 5.51. The van der Waals surface area contributed by atoms with Gasteiger partial charge in [-0.1, -0.05) is 12.1 Å². The maximum absolute atomic E-state index is 5.74. The number of furan rings is 1. The lowest BCUT2D eigenvalue weighted by molar-refractivity contribution is 0.507. The van der Waals surface area contributed by atoms with E-state index in [1.165, 1.54) is 11.1 Å². The van der Waals surface area contributed by atoms with Gasteiger partial charge in [0.15, 0.2) is 0 Å². The van der Waals surface area contributed by atoms with Crippen molar-refractivity contribution < 1.29 is 4.42 Å². The molecule has 0 amide bonds. The highest BCUT2D eigenvalue weighted by atomic mass is 16.3. The topological polar surface area (TPSA) is 25.2 Å². The Hall–Kier alpha value is -1.54. The molecule has 84 valence electrons. The maximum Gasteiger partial charge on any atom is 0.134 e. The Balaban J connectivity index is 2.31. The minimum absolute atomic E-state index is 0.769. The zero-order chi connectivity index (χ0) is 11.5. The first-order chi connectivity index (χ1) is 7.70. The third-order valence-electron chi connectivity index (χ3n) is 2.80. The van der Waals surface area contributed by atoms with E-state index in [1.807, 2.05) is 19.2 Å². The molecule has 0 aliphatic rings. The second-order valence-corrected chi connectivity index (χ2v) is 4.10. The summed E-state index contributed by atoms with van der Waals surface area (Å²) in [7, 11) is 1.91. The number of hydrogen-bond acceptors (Lipinski definition) is 2. The molecule has 0 unspecified atom stereocenters. The first kappa shape index (κ1) is 11.0. The third kappa shape index (κ3) is 2.17. The molecule has 0 radical (unpaired) electrons. The Morgan fingerprint density at radius 2 is 1.88 bits per heavy atom. The third-order valence-corrected chi connectivity index (χ3v) is 2.80. The second kappa shape index (κ2) is 4.54. The summed E-state index contributed by atoms with van der Waals surface area (Å²) in [5.74, 6) is 1.91. The number of hydrogen-bond donors (Lipinski definition) is 1. The average Bonchev–Trinajstić information content (AvgIpc) is 2.71. The second-order valence-electron chi connectivity index (χ2n) is 4.10. The molecule has 2 nitrogen and oxygen atoms in total. The summed E-state index contributed by atoms with van der Waals surface area (Å²) in [5, 5.41) is 3.08. The van der Waals surface area contributed by atoms with Crippen molar-refractivity contribution in [3.8, 4) is 11.3 Å². The van der Waals surface area contributed by atoms with Crippen molar-refractivity contribution in [3.05, 3.63) is 47.2 Å². The Labute approximate surface area is 96.3 Å². The van der Waals surface area contributed by atoms with Gasteiger partial charge >= 0.3 is 0 Å². The van der Waals surface area contributed by atoms with E-state index in [9.17, 15) is 0 Å². The maximum atomic E-state index is 5.74. The fraction of sp³-hybridized carbons (Fsp3) is 0.286. The van der Waals surface area contributed by atoms with Gasteiger partial charge in [-0.2, -0.15) is 0 Å². The molecule has 1 heterocycles. The van der Waals surface area contributed by atoms with Gasteiger partial charge in [0, 0.05) is 5.56 Å². The van der Waals surface area contributed by atoms with Gasteiger partial charge in [0.25, 0.3) is 0 Å². The molecule has 0 saturated carbocycles. The normalized spacial score (nSPS) is 10.7. The van der Waals surface area contributed by atoms with E-state index < -0.39 is 0 Å². The molecule has 0 aliphatic carbocycles. The molecule has 0 spiro atoms. The molecule has 1 aromatic heterocycles. The number of aryl methyl sites for hydroxylation is 2. The van der Waals surface area contributed by atoms with Crippen LogP contribution in [0.5, 0.6) is 0 Å². The molecule has 0 atom stereocenters. The fourth-order valence-corrected chi connectivity index (χ4v) is 1.70. The quantitative estimate of drug-likeness (QED) is 0.850. The van der Waals surface area contributed by atoms with Gasteiger partial charge in [-0.15, -0.1) is 0 Å². The molecule has 2 heteroatoms. The van der Waals surface area contributed by atoms with Crippen LogP contribution in [0.2, 0.25) is 0 Å². The van der Waals surface area contributed by atoms with Crippen molar-refractivity contribution in [2.75, 3.05) is 7.05 Å². The molecule has 0 bridgehead atoms. The van der Waals surface area contributed by atoms with Gasteiger partial charge in [-0.3, -0.25) is 0 Å². The highest BCUT2D eigenvalue weighted by molar-refractivity contribution is 5.59. The zero-order valence-corrected chi connectivity index (χ0v) is 10.0. The molecular weight excluding hydrogens is 198 g/mol. The van der Waals surface area contributed by atoms with Crippen molar-refractivity contribution in [1.82, 2.24) is 5.32 Å². The van der Waals surface area contributed by atoms with Crippen molar-refractivity contribution in [2.45, 2.75) is 20.4 Å². The van der Waals surface area contributed by atoms with E-state index in [1.54, 1.807) is 0 Å². The van der Waals surface area contributed by atoms with Crippen LogP contribution in [0.15, 0.2) is 34.7 Å². The zero-order valence-electron chi connectivity index (χ0n) is 10.0. The van der Waals surface area contributed by atoms with Crippen LogP contribution >= 0.6 is 0 Å². The first-order valence-corrected chi connectivity index (χ1v) is 5.51. The van der Waals surface area contributed by atoms with Crippen molar-refractivity contribution in [1.29, 1.82) is 0 Å². The molecule has 1 aromatic carbocycles. The Kier molecular flexibility index (Phi) is 3.11. The number of nitrogens with one attached hydrogen (secondary N) is 1. The summed E-state index contributed by atoms with van der Waals surface area (Å²) in [6, 6.07) is 10.4. The smallest absolute Gasteiger partial charge is 0.134 e. The van der Waals surface area contributed by atoms with Crippen molar-refractivity contribution in [3.63, 3.8) is 0 Å². The lowest BCUT2D eigenvalue weighted by atomic mass is 10.1. The fourth-order valence-electron chi connectivity index (χ4n) is 1.70. The predicted molar refractivity (Wildman–Crippen MR) is 66.4 cm³/mol. The monoisotopic (exact) mass is 215 g/mol. The van der Waals surface area contributed by atoms with E-state index in [0.29, 0.717) is 0 Å². The van der Waals surface area contributed by atoms with Gasteiger partial charge < -0.3 is 9.73 Å². The Morgan fingerprint density at radius 1 is 1.06 bits per heavy atom. The van der Waals surface area contributed by atoms with Gasteiger partial charge in [-0.25, -0.2) is 0 Å². The van der Waals surface area contributed by atoms with E-state index in [2.05, 4.69) is 37.4 Å². The van der Waals surface area contributed by atoms with Gasteiger partial charge in [0.05, 0.1) is 6.54 Å². The highest BCUT2D eigenvalue weighted by Gasteiger charge is 2.05. The molecule has 0 fully saturated rings. The van der Waals surface area contributed by atoms with Crippen LogP contribution in [0.3, 0.4) is 0 Å². The number of rotatable bonds is 3. The Morgan fingerprint density at radius 3 is 2.56 bits per heavy atom. The summed E-state index contributed by atoms with van der Waals surface area (Å²) < 4.78 is 5.74. The summed E-state index contributed by atoms with van der Waals surface area (Å²) >= 11 is 0. The van der Waals surface area contributed by atoms with E-state index in [4.69, 9.17) is 4.42 Å². The van der Waals surface area contributed by atoms with Crippen LogP contribution in [-0.4, -0.2) is 7.05 Å². The molecule has 1 N–H and O–H groups in total. The largest absolute Gasteiger partial charge is 0.460 e. The van der Waals surface area contributed by atoms with E-state index in [-0.39, 0.29) is 0 Å². The number of benzene rings is 1. The van der Waals surface area contributed by atoms with Crippen LogP contribution < -0.4 is 5.32 Å². The van der Waals surface area contributed by atoms with Crippen LogP contribution in [0, 0.1) is 13.8 Å². The summed E-state index contributed by atoms with van der Waals surface area (Å²) in [4.78, 5) is 0. The lowest BCUT2D eigenvalue weighted by Gasteiger charge is -2.02. The Bertz CT molecular complexity index is 485. The van der Waals surface area contributed by atoms with Crippen molar-refractivity contribution >= 4 is 0 Å². The summed E-state index contributed by atoms with van der Waals surface area (Å²) in [6.07, 6.45) is 0. The molecule has 16 heavy (non-hydrogen) atoms. The molecule has 0 aliphatic heterocycles. The summed E-state index contributed by atoms with van der Waals surface area (Å²) in [6.45, 7) is 5.01. The van der Waals surface area contributed by atoms with Crippen LogP contribution in [-0.2, 0) is 6.54 Å². The lowest BCUT2D eigenvalue weighted by Crippen LogP contribution is -2.03. The molecule has 2 aromatic rings. The molecular formula is C14H17NO. The van der Waals surface area contributed by atoms with Gasteiger partial charge in [0.1, 0.15) is 11.5 Å². The van der Waals surface area contributed by atoms with Crippen LogP contribution in [0.1, 0.15) is 16.9 Å². The standard InChI is InChI=1S/C14H17NO/c1-10-4-5-12(8-11(10)2)14-7-6-13(16-14)9-15-3/h4-8,15H,9H2,1-3H3. The highest BCUT2D eigenvalue weighted by Crippen LogP contribution is 2.24. The van der Waals surface area contributed by atoms with Crippen LogP contribution in [0.25, 0.3) is 11.3 Å². The SMILES string of the molecule is CNCc1ccc(-c2ccc(C)c(C)c2)o1. The van der Waals surface area contributed by atoms with E-state index >= 15 is 0 Å². The molecule has 2 rings (SSSR count). The average molecular weight is 215 g/mol. The van der Waals surface area contributed by atoms with Gasteiger partial charge in [0.2, 0.25) is 0 Å². The van der Waals surface area contributed by atoms with Gasteiger partial charge in [-0.05, 0) is 50.2 Å². The molecule has 0 saturated heterocycles. The van der Waals surface area contributed by atoms with E-state index in [0.717, 1.165) is 23.6 Å². The van der Waals surface area contributed by atoms with Crippen molar-refractivity contribution in [2.24, 2.45) is 0 Å². The minimum Gasteiger partial charge on any atom is -0.460 e. The summed E-state index contributed by atoms with van der Waals surface area (Å²) in [5.41, 5.74) is 3.75. The minimum atomic E-state index is 0.769.